The second-order valence-electron chi connectivity index (χ2n) is 7.02. The normalized spacial score (nSPS) is 21.9. The number of benzene rings is 2. The summed E-state index contributed by atoms with van der Waals surface area (Å²) in [5.41, 5.74) is 2.50. The van der Waals surface area contributed by atoms with E-state index in [1.165, 1.54) is 17.2 Å². The Hall–Kier alpha value is -2.21. The summed E-state index contributed by atoms with van der Waals surface area (Å²) in [5.74, 6) is -0.811. The first-order valence-corrected chi connectivity index (χ1v) is 9.38. The predicted octanol–water partition coefficient (Wildman–Crippen LogP) is 4.04. The number of amides is 3. The third-order valence-corrected chi connectivity index (χ3v) is 5.79. The van der Waals surface area contributed by atoms with E-state index in [1.807, 2.05) is 18.2 Å². The van der Waals surface area contributed by atoms with Gasteiger partial charge in [-0.2, -0.15) is 0 Å². The van der Waals surface area contributed by atoms with Crippen LogP contribution in [0.2, 0.25) is 0 Å². The number of urea groups is 1. The number of aryl methyl sites for hydroxylation is 2. The minimum atomic E-state index is -1.12. The van der Waals surface area contributed by atoms with Gasteiger partial charge in [-0.25, -0.2) is 9.18 Å². The van der Waals surface area contributed by atoms with Crippen LogP contribution < -0.4 is 5.32 Å². The number of hydrogen-bond donors (Lipinski definition) is 1. The molecule has 1 aliphatic carbocycles. The summed E-state index contributed by atoms with van der Waals surface area (Å²) < 4.78 is 14.7. The van der Waals surface area contributed by atoms with Gasteiger partial charge in [0.25, 0.3) is 5.91 Å². The molecule has 1 atom stereocenters. The van der Waals surface area contributed by atoms with Crippen molar-refractivity contribution in [2.75, 3.05) is 0 Å². The number of rotatable bonds is 3. The number of nitrogens with one attached hydrogen (secondary N) is 1. The second kappa shape index (κ2) is 6.20. The summed E-state index contributed by atoms with van der Waals surface area (Å²) in [6.45, 7) is 1.62. The Morgan fingerprint density at radius 2 is 1.92 bits per heavy atom. The number of carbonyl (C=O) groups is 2. The Balaban J connectivity index is 1.64. The van der Waals surface area contributed by atoms with Crippen LogP contribution in [-0.4, -0.2) is 16.8 Å². The predicted molar refractivity (Wildman–Crippen MR) is 99.0 cm³/mol. The molecule has 1 heterocycles. The molecule has 0 unspecified atom stereocenters. The van der Waals surface area contributed by atoms with E-state index in [9.17, 15) is 14.0 Å². The van der Waals surface area contributed by atoms with Crippen molar-refractivity contribution in [3.05, 3.63) is 68.9 Å². The van der Waals surface area contributed by atoms with Crippen LogP contribution in [0.1, 0.15) is 35.6 Å². The first kappa shape index (κ1) is 17.2. The second-order valence-corrected chi connectivity index (χ2v) is 7.93. The van der Waals surface area contributed by atoms with Gasteiger partial charge in [-0.05, 0) is 55.0 Å². The van der Waals surface area contributed by atoms with Crippen molar-refractivity contribution in [2.45, 2.75) is 38.3 Å². The summed E-state index contributed by atoms with van der Waals surface area (Å²) in [4.78, 5) is 26.6. The number of nitrogens with zero attached hydrogens (tertiary/aromatic N) is 1. The molecule has 1 N–H and O–H groups in total. The van der Waals surface area contributed by atoms with Crippen molar-refractivity contribution in [2.24, 2.45) is 0 Å². The highest BCUT2D eigenvalue weighted by molar-refractivity contribution is 9.10. The Morgan fingerprint density at radius 3 is 2.69 bits per heavy atom. The van der Waals surface area contributed by atoms with E-state index in [2.05, 4.69) is 21.2 Å². The van der Waals surface area contributed by atoms with Gasteiger partial charge < -0.3 is 5.32 Å². The van der Waals surface area contributed by atoms with Crippen molar-refractivity contribution in [3.8, 4) is 0 Å². The Kier molecular flexibility index (Phi) is 4.10. The van der Waals surface area contributed by atoms with Gasteiger partial charge in [0, 0.05) is 10.0 Å². The molecule has 26 heavy (non-hydrogen) atoms. The average molecular weight is 417 g/mol. The molecule has 0 saturated carbocycles. The van der Waals surface area contributed by atoms with Crippen LogP contribution in [0, 0.1) is 5.82 Å². The lowest BCUT2D eigenvalue weighted by Crippen LogP contribution is -2.41. The molecule has 134 valence electrons. The van der Waals surface area contributed by atoms with Gasteiger partial charge in [-0.1, -0.05) is 40.2 Å². The minimum Gasteiger partial charge on any atom is -0.319 e. The lowest BCUT2D eigenvalue weighted by molar-refractivity contribution is -0.131. The van der Waals surface area contributed by atoms with Crippen molar-refractivity contribution in [1.29, 1.82) is 0 Å². The maximum atomic E-state index is 14.1. The van der Waals surface area contributed by atoms with Crippen LogP contribution in [-0.2, 0) is 29.7 Å². The molecule has 4 rings (SSSR count). The SMILES string of the molecule is C[C@@]1(c2ccc3c(c2)CCC3)NC(=O)N(Cc2ccc(Br)cc2F)C1=O. The maximum absolute atomic E-state index is 14.1. The number of halogens is 2. The molecule has 0 aromatic heterocycles. The summed E-state index contributed by atoms with van der Waals surface area (Å²) >= 11 is 3.21. The van der Waals surface area contributed by atoms with Gasteiger partial charge in [-0.15, -0.1) is 0 Å². The highest BCUT2D eigenvalue weighted by Gasteiger charge is 2.49. The van der Waals surface area contributed by atoms with E-state index in [4.69, 9.17) is 0 Å². The Morgan fingerprint density at radius 1 is 1.15 bits per heavy atom. The molecule has 1 saturated heterocycles. The number of carbonyl (C=O) groups excluding carboxylic acids is 2. The first-order valence-electron chi connectivity index (χ1n) is 8.59. The molecule has 4 nitrogen and oxygen atoms in total. The Bertz CT molecular complexity index is 930. The number of hydrogen-bond acceptors (Lipinski definition) is 2. The smallest absolute Gasteiger partial charge is 0.319 e. The molecule has 1 fully saturated rings. The van der Waals surface area contributed by atoms with Crippen molar-refractivity contribution < 1.29 is 14.0 Å². The van der Waals surface area contributed by atoms with Crippen LogP contribution >= 0.6 is 15.9 Å². The largest absolute Gasteiger partial charge is 0.325 e. The van der Waals surface area contributed by atoms with E-state index in [0.717, 1.165) is 29.7 Å². The van der Waals surface area contributed by atoms with Crippen LogP contribution in [0.15, 0.2) is 40.9 Å². The lowest BCUT2D eigenvalue weighted by Gasteiger charge is -2.23. The summed E-state index contributed by atoms with van der Waals surface area (Å²) in [6.07, 6.45) is 3.17. The fraction of sp³-hybridized carbons (Fsp3) is 0.300. The molecule has 1 aliphatic heterocycles. The minimum absolute atomic E-state index is 0.0929. The van der Waals surface area contributed by atoms with Gasteiger partial charge in [0.05, 0.1) is 6.54 Å². The van der Waals surface area contributed by atoms with Crippen molar-refractivity contribution >= 4 is 27.9 Å². The third-order valence-electron chi connectivity index (χ3n) is 5.29. The Labute approximate surface area is 159 Å². The molecule has 2 aromatic carbocycles. The zero-order valence-electron chi connectivity index (χ0n) is 14.3. The molecular weight excluding hydrogens is 399 g/mol. The van der Waals surface area contributed by atoms with Gasteiger partial charge in [0.1, 0.15) is 11.4 Å². The molecule has 6 heteroatoms. The van der Waals surface area contributed by atoms with Gasteiger partial charge in [-0.3, -0.25) is 9.69 Å². The molecule has 0 radical (unpaired) electrons. The standard InChI is InChI=1S/C20H18BrFN2O2/c1-20(15-7-5-12-3-2-4-13(12)9-15)18(25)24(19(26)23-20)11-14-6-8-16(21)10-17(14)22/h5-10H,2-4,11H2,1H3,(H,23,26)/t20-/m0/s1. The lowest BCUT2D eigenvalue weighted by atomic mass is 9.89. The van der Waals surface area contributed by atoms with Crippen LogP contribution in [0.3, 0.4) is 0 Å². The molecule has 0 spiro atoms. The highest BCUT2D eigenvalue weighted by Crippen LogP contribution is 2.33. The van der Waals surface area contributed by atoms with Crippen LogP contribution in [0.4, 0.5) is 9.18 Å². The van der Waals surface area contributed by atoms with E-state index in [1.54, 1.807) is 19.1 Å². The fourth-order valence-corrected chi connectivity index (χ4v) is 4.07. The topological polar surface area (TPSA) is 49.4 Å². The van der Waals surface area contributed by atoms with E-state index in [-0.39, 0.29) is 12.5 Å². The molecular formula is C20H18BrFN2O2. The van der Waals surface area contributed by atoms with Crippen LogP contribution in [0.25, 0.3) is 0 Å². The summed E-state index contributed by atoms with van der Waals surface area (Å²) in [6, 6.07) is 10.1. The number of fused-ring (bicyclic) bond motifs is 1. The monoisotopic (exact) mass is 416 g/mol. The van der Waals surface area contributed by atoms with Gasteiger partial charge in [0.2, 0.25) is 0 Å². The van der Waals surface area contributed by atoms with Crippen LogP contribution in [0.5, 0.6) is 0 Å². The molecule has 2 aromatic rings. The fourth-order valence-electron chi connectivity index (χ4n) is 3.74. The molecule has 2 aliphatic rings. The maximum Gasteiger partial charge on any atom is 0.325 e. The van der Waals surface area contributed by atoms with Crippen molar-refractivity contribution in [3.63, 3.8) is 0 Å². The molecule has 0 bridgehead atoms. The zero-order valence-corrected chi connectivity index (χ0v) is 15.9. The third kappa shape index (κ3) is 2.72. The average Bonchev–Trinajstić information content (AvgIpc) is 3.15. The van der Waals surface area contributed by atoms with E-state index >= 15 is 0 Å². The quantitative estimate of drug-likeness (QED) is 0.767. The van der Waals surface area contributed by atoms with E-state index < -0.39 is 17.4 Å². The van der Waals surface area contributed by atoms with E-state index in [0.29, 0.717) is 10.0 Å². The van der Waals surface area contributed by atoms with Gasteiger partial charge in [0.15, 0.2) is 0 Å². The first-order chi connectivity index (χ1) is 12.4. The summed E-state index contributed by atoms with van der Waals surface area (Å²) in [7, 11) is 0. The number of imide groups is 1. The van der Waals surface area contributed by atoms with Crippen molar-refractivity contribution in [1.82, 2.24) is 10.2 Å². The summed E-state index contributed by atoms with van der Waals surface area (Å²) in [5, 5.41) is 2.79. The molecule has 3 amide bonds. The highest BCUT2D eigenvalue weighted by atomic mass is 79.9. The van der Waals surface area contributed by atoms with Gasteiger partial charge >= 0.3 is 6.03 Å². The zero-order chi connectivity index (χ0) is 18.5.